The smallest absolute Gasteiger partial charge is 0.293 e. The molecule has 0 atom stereocenters. The van der Waals surface area contributed by atoms with Crippen molar-refractivity contribution in [2.24, 2.45) is 0 Å². The van der Waals surface area contributed by atoms with Crippen LogP contribution in [0, 0.1) is 0 Å². The molecule has 5 rings (SSSR count). The second-order valence-corrected chi connectivity index (χ2v) is 8.31. The van der Waals surface area contributed by atoms with Crippen molar-refractivity contribution in [1.82, 2.24) is 10.2 Å². The number of nitrogens with one attached hydrogen (secondary N) is 3. The van der Waals surface area contributed by atoms with Crippen LogP contribution in [0.4, 0.5) is 11.4 Å². The molecule has 0 spiro atoms. The van der Waals surface area contributed by atoms with E-state index < -0.39 is 11.8 Å². The highest BCUT2D eigenvalue weighted by atomic mass is 16.5. The van der Waals surface area contributed by atoms with E-state index in [0.29, 0.717) is 33.7 Å². The molecule has 0 unspecified atom stereocenters. The average molecular weight is 497 g/mol. The van der Waals surface area contributed by atoms with Crippen LogP contribution in [0.15, 0.2) is 77.2 Å². The number of carbonyl (C=O) groups is 2. The van der Waals surface area contributed by atoms with Gasteiger partial charge in [0.05, 0.1) is 12.8 Å². The third-order valence-corrected chi connectivity index (χ3v) is 5.96. The fraction of sp³-hybridized carbons (Fsp3) is 0.107. The second-order valence-electron chi connectivity index (χ2n) is 8.31. The van der Waals surface area contributed by atoms with Crippen LogP contribution >= 0.6 is 0 Å². The van der Waals surface area contributed by atoms with Crippen molar-refractivity contribution in [3.63, 3.8) is 0 Å². The third-order valence-electron chi connectivity index (χ3n) is 5.96. The number of methoxy groups -OCH3 is 1. The number of aryl methyl sites for hydroxylation is 1. The normalized spacial score (nSPS) is 10.9. The monoisotopic (exact) mass is 496 g/mol. The summed E-state index contributed by atoms with van der Waals surface area (Å²) in [6, 6.07) is 20.7. The van der Waals surface area contributed by atoms with Gasteiger partial charge in [-0.05, 0) is 66.6 Å². The maximum absolute atomic E-state index is 13.2. The molecule has 4 N–H and O–H groups in total. The molecule has 0 aliphatic carbocycles. The van der Waals surface area contributed by atoms with Gasteiger partial charge >= 0.3 is 0 Å². The molecule has 2 heterocycles. The molecule has 0 saturated carbocycles. The lowest BCUT2D eigenvalue weighted by Gasteiger charge is -2.07. The van der Waals surface area contributed by atoms with Gasteiger partial charge in [-0.15, -0.1) is 0 Å². The Labute approximate surface area is 212 Å². The van der Waals surface area contributed by atoms with E-state index in [1.54, 1.807) is 67.8 Å². The highest BCUT2D eigenvalue weighted by Gasteiger charge is 2.24. The number of furan rings is 1. The number of aromatic amines is 1. The van der Waals surface area contributed by atoms with E-state index in [1.807, 2.05) is 19.1 Å². The zero-order valence-corrected chi connectivity index (χ0v) is 20.2. The largest absolute Gasteiger partial charge is 0.507 e. The van der Waals surface area contributed by atoms with Crippen molar-refractivity contribution in [2.45, 2.75) is 13.3 Å². The Hall–Kier alpha value is -5.05. The van der Waals surface area contributed by atoms with Gasteiger partial charge in [-0.25, -0.2) is 0 Å². The van der Waals surface area contributed by atoms with Gasteiger partial charge in [-0.2, -0.15) is 5.10 Å². The standard InChI is InChI=1S/C28H24N4O5/c1-3-16-8-13-23(33)20(14-16)21-15-22(32-31-21)27(34)30-25-19-6-4-5-7-24(19)37-26(25)28(35)29-17-9-11-18(36-2)12-10-17/h4-15,33H,3H2,1-2H3,(H,29,35)(H,30,34)(H,31,32). The van der Waals surface area contributed by atoms with Crippen molar-refractivity contribution >= 4 is 34.2 Å². The lowest BCUT2D eigenvalue weighted by Crippen LogP contribution is -2.17. The van der Waals surface area contributed by atoms with E-state index in [2.05, 4.69) is 20.8 Å². The Morgan fingerprint density at radius 2 is 1.78 bits per heavy atom. The van der Waals surface area contributed by atoms with E-state index in [1.165, 1.54) is 0 Å². The van der Waals surface area contributed by atoms with Crippen molar-refractivity contribution in [2.75, 3.05) is 17.7 Å². The minimum atomic E-state index is -0.525. The second kappa shape index (κ2) is 9.90. The molecule has 3 aromatic carbocycles. The molecule has 0 bridgehead atoms. The number of H-pyrrole nitrogens is 1. The summed E-state index contributed by atoms with van der Waals surface area (Å²) in [6.07, 6.45) is 0.792. The van der Waals surface area contributed by atoms with Gasteiger partial charge in [0.1, 0.15) is 28.5 Å². The number of phenols is 1. The number of hydrogen-bond acceptors (Lipinski definition) is 6. The Morgan fingerprint density at radius 3 is 2.54 bits per heavy atom. The molecular formula is C28H24N4O5. The molecule has 9 nitrogen and oxygen atoms in total. The zero-order valence-electron chi connectivity index (χ0n) is 20.2. The van der Waals surface area contributed by atoms with E-state index in [9.17, 15) is 14.7 Å². The van der Waals surface area contributed by atoms with Crippen LogP contribution in [0.25, 0.3) is 22.2 Å². The van der Waals surface area contributed by atoms with Crippen LogP contribution in [0.2, 0.25) is 0 Å². The number of hydrogen-bond donors (Lipinski definition) is 4. The molecule has 0 radical (unpaired) electrons. The predicted octanol–water partition coefficient (Wildman–Crippen LogP) is 5.60. The minimum Gasteiger partial charge on any atom is -0.507 e. The lowest BCUT2D eigenvalue weighted by molar-refractivity contribution is 0.0999. The van der Waals surface area contributed by atoms with Crippen molar-refractivity contribution in [3.8, 4) is 22.8 Å². The van der Waals surface area contributed by atoms with Crippen LogP contribution < -0.4 is 15.4 Å². The summed E-state index contributed by atoms with van der Waals surface area (Å²) in [5.74, 6) is -0.367. The number of anilines is 2. The first-order chi connectivity index (χ1) is 18.0. The van der Waals surface area contributed by atoms with Gasteiger partial charge < -0.3 is 24.9 Å². The number of aromatic nitrogens is 2. The summed E-state index contributed by atoms with van der Waals surface area (Å²) in [7, 11) is 1.56. The van der Waals surface area contributed by atoms with Crippen LogP contribution in [-0.2, 0) is 6.42 Å². The fourth-order valence-corrected chi connectivity index (χ4v) is 3.96. The molecular weight excluding hydrogens is 472 g/mol. The molecule has 0 fully saturated rings. The van der Waals surface area contributed by atoms with Gasteiger partial charge in [0.25, 0.3) is 11.8 Å². The van der Waals surface area contributed by atoms with Gasteiger partial charge in [0.15, 0.2) is 0 Å². The van der Waals surface area contributed by atoms with Gasteiger partial charge in [-0.3, -0.25) is 14.7 Å². The first kappa shape index (κ1) is 23.7. The molecule has 2 aromatic heterocycles. The minimum absolute atomic E-state index is 0.0431. The number of fused-ring (bicyclic) bond motifs is 1. The van der Waals surface area contributed by atoms with E-state index in [-0.39, 0.29) is 22.9 Å². The Morgan fingerprint density at radius 1 is 1.00 bits per heavy atom. The summed E-state index contributed by atoms with van der Waals surface area (Å²) in [4.78, 5) is 26.3. The number of aromatic hydroxyl groups is 1. The number of carbonyl (C=O) groups excluding carboxylic acids is 2. The highest BCUT2D eigenvalue weighted by molar-refractivity contribution is 6.16. The molecule has 5 aromatic rings. The maximum Gasteiger partial charge on any atom is 0.293 e. The van der Waals surface area contributed by atoms with Crippen LogP contribution in [0.1, 0.15) is 33.5 Å². The van der Waals surface area contributed by atoms with Crippen molar-refractivity contribution in [3.05, 3.63) is 89.8 Å². The number of ether oxygens (including phenoxy) is 1. The van der Waals surface area contributed by atoms with E-state index in [4.69, 9.17) is 9.15 Å². The summed E-state index contributed by atoms with van der Waals surface area (Å²) in [5.41, 5.74) is 3.34. The number of para-hydroxylation sites is 1. The molecule has 0 aliphatic heterocycles. The molecule has 0 aliphatic rings. The SMILES string of the molecule is CCc1ccc(O)c(-c2cc(C(=O)Nc3c(C(=O)Nc4ccc(OC)cc4)oc4ccccc34)[nH]n2)c1. The molecule has 0 saturated heterocycles. The average Bonchev–Trinajstić information content (AvgIpc) is 3.55. The first-order valence-electron chi connectivity index (χ1n) is 11.6. The first-order valence-corrected chi connectivity index (χ1v) is 11.6. The molecule has 37 heavy (non-hydrogen) atoms. The number of benzene rings is 3. The van der Waals surface area contributed by atoms with Crippen LogP contribution in [0.5, 0.6) is 11.5 Å². The third kappa shape index (κ3) is 4.74. The number of rotatable bonds is 7. The van der Waals surface area contributed by atoms with E-state index >= 15 is 0 Å². The summed E-state index contributed by atoms with van der Waals surface area (Å²) in [5, 5.41) is 23.3. The highest BCUT2D eigenvalue weighted by Crippen LogP contribution is 2.33. The van der Waals surface area contributed by atoms with Gasteiger partial charge in [0.2, 0.25) is 5.76 Å². The van der Waals surface area contributed by atoms with E-state index in [0.717, 1.165) is 12.0 Å². The Bertz CT molecular complexity index is 1600. The summed E-state index contributed by atoms with van der Waals surface area (Å²) in [6.45, 7) is 2.01. The van der Waals surface area contributed by atoms with Crippen LogP contribution in [0.3, 0.4) is 0 Å². The number of amides is 2. The summed E-state index contributed by atoms with van der Waals surface area (Å²) < 4.78 is 11.0. The van der Waals surface area contributed by atoms with Gasteiger partial charge in [0, 0.05) is 16.6 Å². The molecule has 9 heteroatoms. The van der Waals surface area contributed by atoms with Crippen molar-refractivity contribution in [1.29, 1.82) is 0 Å². The quantitative estimate of drug-likeness (QED) is 0.232. The Kier molecular flexibility index (Phi) is 6.34. The number of nitrogens with zero attached hydrogens (tertiary/aromatic N) is 1. The lowest BCUT2D eigenvalue weighted by atomic mass is 10.1. The van der Waals surface area contributed by atoms with Crippen molar-refractivity contribution < 1.29 is 23.8 Å². The Balaban J connectivity index is 1.43. The fourth-order valence-electron chi connectivity index (χ4n) is 3.96. The topological polar surface area (TPSA) is 129 Å². The molecule has 186 valence electrons. The summed E-state index contributed by atoms with van der Waals surface area (Å²) >= 11 is 0. The zero-order chi connectivity index (χ0) is 25.9. The van der Waals surface area contributed by atoms with Crippen LogP contribution in [-0.4, -0.2) is 34.2 Å². The number of phenolic OH excluding ortho intramolecular Hbond substituents is 1. The predicted molar refractivity (Wildman–Crippen MR) is 140 cm³/mol. The van der Waals surface area contributed by atoms with Gasteiger partial charge in [-0.1, -0.05) is 25.1 Å². The molecule has 2 amide bonds. The maximum atomic E-state index is 13.2.